The van der Waals surface area contributed by atoms with E-state index in [-0.39, 0.29) is 41.2 Å². The molecule has 3 heterocycles. The van der Waals surface area contributed by atoms with E-state index in [4.69, 9.17) is 0 Å². The third-order valence-electron chi connectivity index (χ3n) is 5.39. The Morgan fingerprint density at radius 3 is 2.46 bits per heavy atom. The number of aromatic nitrogens is 1. The number of fused-ring (bicyclic) bond motifs is 1. The molecule has 2 aromatic carbocycles. The topological polar surface area (TPSA) is 81.4 Å². The maximum Gasteiger partial charge on any atom is 1.00 e. The van der Waals surface area contributed by atoms with Crippen molar-refractivity contribution in [3.63, 3.8) is 0 Å². The van der Waals surface area contributed by atoms with Crippen molar-refractivity contribution < 1.29 is 51.6 Å². The molecule has 11 heteroatoms. The molecular weight excluding hydrogens is 503 g/mol. The maximum absolute atomic E-state index is 14.0. The number of sulfonamides is 1. The van der Waals surface area contributed by atoms with Crippen LogP contribution in [0.5, 0.6) is 0 Å². The van der Waals surface area contributed by atoms with Gasteiger partial charge in [0.1, 0.15) is 21.7 Å². The molecule has 172 valence electrons. The van der Waals surface area contributed by atoms with Crippen LogP contribution in [0.15, 0.2) is 71.9 Å². The normalized spacial score (nSPS) is 12.9. The summed E-state index contributed by atoms with van der Waals surface area (Å²) in [4.78, 5) is 19.0. The van der Waals surface area contributed by atoms with Gasteiger partial charge in [-0.1, -0.05) is 12.1 Å². The first kappa shape index (κ1) is 25.5. The molecule has 0 N–H and O–H groups in total. The van der Waals surface area contributed by atoms with Crippen molar-refractivity contribution in [2.24, 2.45) is 0 Å². The van der Waals surface area contributed by atoms with Gasteiger partial charge < -0.3 is 9.62 Å². The van der Waals surface area contributed by atoms with E-state index in [0.717, 1.165) is 33.0 Å². The van der Waals surface area contributed by atoms with E-state index in [1.165, 1.54) is 23.6 Å². The molecule has 6 nitrogen and oxygen atoms in total. The summed E-state index contributed by atoms with van der Waals surface area (Å²) in [5.74, 6) is -2.08. The molecule has 1 amide bonds. The summed E-state index contributed by atoms with van der Waals surface area (Å²) < 4.78 is 55.8. The number of thiophene rings is 1. The second-order valence-corrected chi connectivity index (χ2v) is 10.4. The molecule has 0 saturated heterocycles. The van der Waals surface area contributed by atoms with E-state index in [2.05, 4.69) is 9.71 Å². The van der Waals surface area contributed by atoms with Gasteiger partial charge in [-0.15, -0.1) is 17.0 Å². The van der Waals surface area contributed by atoms with Gasteiger partial charge in [0.25, 0.3) is 5.91 Å². The van der Waals surface area contributed by atoms with Crippen molar-refractivity contribution in [3.05, 3.63) is 94.5 Å². The summed E-state index contributed by atoms with van der Waals surface area (Å²) >= 11 is 1.48. The zero-order valence-corrected chi connectivity index (χ0v) is 22.3. The van der Waals surface area contributed by atoms with E-state index in [9.17, 15) is 22.0 Å². The number of hydrogen-bond donors (Lipinski definition) is 0. The largest absolute Gasteiger partial charge is 1.00 e. The molecule has 35 heavy (non-hydrogen) atoms. The zero-order chi connectivity index (χ0) is 24.0. The monoisotopic (exact) mass is 519 g/mol. The first-order chi connectivity index (χ1) is 16.2. The van der Waals surface area contributed by atoms with Crippen LogP contribution in [-0.2, 0) is 16.6 Å². The van der Waals surface area contributed by atoms with Gasteiger partial charge in [-0.2, -0.15) is 0 Å². The number of amides is 1. The van der Waals surface area contributed by atoms with Gasteiger partial charge in [0, 0.05) is 52.9 Å². The minimum atomic E-state index is -4.40. The van der Waals surface area contributed by atoms with Crippen LogP contribution in [0.2, 0.25) is 0 Å². The van der Waals surface area contributed by atoms with Gasteiger partial charge in [0.2, 0.25) is 0 Å². The number of nitrogens with zero attached hydrogens (tertiary/aromatic N) is 3. The average molecular weight is 520 g/mol. The van der Waals surface area contributed by atoms with Crippen LogP contribution in [0.4, 0.5) is 14.5 Å². The quantitative estimate of drug-likeness (QED) is 0.380. The van der Waals surface area contributed by atoms with Crippen molar-refractivity contribution >= 4 is 33.0 Å². The Morgan fingerprint density at radius 1 is 0.971 bits per heavy atom. The third kappa shape index (κ3) is 5.03. The third-order valence-corrected chi connectivity index (χ3v) is 7.91. The summed E-state index contributed by atoms with van der Waals surface area (Å²) in [7, 11) is -2.63. The Kier molecular flexibility index (Phi) is 7.12. The molecule has 4 aromatic rings. The first-order valence-corrected chi connectivity index (χ1v) is 12.3. The number of pyridine rings is 1. The number of hydrogen-bond acceptors (Lipinski definition) is 5. The standard InChI is InChI=1S/C24H16F2N3O3S2.Na/c1-29-13-16-8-14(2-4-19(16)24(29)30)21-5-6-22(33-21)15-9-18(12-27-11-15)28-34(31,32)23-7-3-17(25)10-20(23)26;/h2-12H,13H2,1H3;/q-1;+1. The predicted molar refractivity (Wildman–Crippen MR) is 125 cm³/mol. The Hall–Kier alpha value is -2.63. The van der Waals surface area contributed by atoms with Crippen LogP contribution < -0.4 is 29.6 Å². The van der Waals surface area contributed by atoms with E-state index in [1.807, 2.05) is 30.3 Å². The van der Waals surface area contributed by atoms with Crippen LogP contribution in [-0.4, -0.2) is 31.3 Å². The molecule has 0 radical (unpaired) electrons. The van der Waals surface area contributed by atoms with E-state index >= 15 is 0 Å². The molecule has 0 unspecified atom stereocenters. The minimum absolute atomic E-state index is 0. The van der Waals surface area contributed by atoms with Crippen LogP contribution in [0.25, 0.3) is 25.6 Å². The van der Waals surface area contributed by atoms with Gasteiger partial charge in [-0.05, 0) is 47.5 Å². The molecule has 0 bridgehead atoms. The Balaban J connectivity index is 0.00000289. The fourth-order valence-corrected chi connectivity index (χ4v) is 5.76. The van der Waals surface area contributed by atoms with Gasteiger partial charge in [0.05, 0.1) is 4.90 Å². The summed E-state index contributed by atoms with van der Waals surface area (Å²) in [5.41, 5.74) is 3.32. The van der Waals surface area contributed by atoms with Gasteiger partial charge in [-0.3, -0.25) is 9.78 Å². The Labute approximate surface area is 227 Å². The van der Waals surface area contributed by atoms with E-state index < -0.39 is 26.6 Å². The number of rotatable bonds is 5. The number of halogens is 2. The van der Waals surface area contributed by atoms with Crippen molar-refractivity contribution in [1.29, 1.82) is 0 Å². The van der Waals surface area contributed by atoms with E-state index in [1.54, 1.807) is 18.1 Å². The molecule has 0 fully saturated rings. The Bertz CT molecular complexity index is 1560. The molecule has 5 rings (SSSR count). The number of carbonyl (C=O) groups is 1. The second kappa shape index (κ2) is 9.79. The SMILES string of the molecule is CN1Cc2cc(-c3ccc(-c4cncc([N-]S(=O)(=O)c5ccc(F)cc5F)c4)s3)ccc2C1=O.[Na+]. The van der Waals surface area contributed by atoms with Gasteiger partial charge in [-0.25, -0.2) is 17.2 Å². The van der Waals surface area contributed by atoms with Crippen molar-refractivity contribution in [2.45, 2.75) is 11.4 Å². The summed E-state index contributed by atoms with van der Waals surface area (Å²) in [5, 5.41) is 0. The fourth-order valence-electron chi connectivity index (χ4n) is 3.75. The molecule has 0 spiro atoms. The molecule has 0 atom stereocenters. The summed E-state index contributed by atoms with van der Waals surface area (Å²) in [6.07, 6.45) is 2.83. The fraction of sp³-hybridized carbons (Fsp3) is 0.0833. The molecule has 0 aliphatic carbocycles. The summed E-state index contributed by atoms with van der Waals surface area (Å²) in [6, 6.07) is 13.3. The number of benzene rings is 2. The summed E-state index contributed by atoms with van der Waals surface area (Å²) in [6.45, 7) is 0.566. The van der Waals surface area contributed by atoms with Crippen LogP contribution in [0, 0.1) is 11.6 Å². The predicted octanol–water partition coefficient (Wildman–Crippen LogP) is 2.74. The smallest absolute Gasteiger partial charge is 0.571 e. The average Bonchev–Trinajstić information content (AvgIpc) is 3.38. The first-order valence-electron chi connectivity index (χ1n) is 10.1. The van der Waals surface area contributed by atoms with Crippen LogP contribution in [0.3, 0.4) is 0 Å². The number of carbonyl (C=O) groups excluding carboxylic acids is 1. The van der Waals surface area contributed by atoms with Crippen LogP contribution >= 0.6 is 11.3 Å². The van der Waals surface area contributed by atoms with Gasteiger partial charge in [0.15, 0.2) is 0 Å². The Morgan fingerprint density at radius 2 is 1.71 bits per heavy atom. The minimum Gasteiger partial charge on any atom is -0.571 e. The molecule has 0 saturated carbocycles. The van der Waals surface area contributed by atoms with Gasteiger partial charge >= 0.3 is 29.6 Å². The molecule has 2 aromatic heterocycles. The van der Waals surface area contributed by atoms with Crippen LogP contribution in [0.1, 0.15) is 15.9 Å². The molecule has 1 aliphatic heterocycles. The molecular formula is C24H16F2N3NaO3S2. The van der Waals surface area contributed by atoms with Crippen molar-refractivity contribution in [1.82, 2.24) is 9.88 Å². The van der Waals surface area contributed by atoms with Crippen molar-refractivity contribution in [2.75, 3.05) is 7.05 Å². The molecule has 1 aliphatic rings. The van der Waals surface area contributed by atoms with E-state index in [0.29, 0.717) is 23.7 Å². The van der Waals surface area contributed by atoms with Crippen molar-refractivity contribution in [3.8, 4) is 20.9 Å². The zero-order valence-electron chi connectivity index (χ0n) is 18.7. The maximum atomic E-state index is 14.0. The second-order valence-electron chi connectivity index (χ2n) is 7.77.